The SMILES string of the molecule is CC(=O)c1ccc(-c2cccc3[nH]c(-c4n[nH]c5ncc(-c6cncc(NC(=O)Cc7ccccc7)c6)cc45)cc23)s1. The lowest BCUT2D eigenvalue weighted by molar-refractivity contribution is -0.115. The summed E-state index contributed by atoms with van der Waals surface area (Å²) in [5.41, 5.74) is 7.54. The van der Waals surface area contributed by atoms with E-state index in [1.54, 1.807) is 25.5 Å². The summed E-state index contributed by atoms with van der Waals surface area (Å²) in [7, 11) is 0. The highest BCUT2D eigenvalue weighted by molar-refractivity contribution is 7.17. The highest BCUT2D eigenvalue weighted by atomic mass is 32.1. The van der Waals surface area contributed by atoms with Crippen LogP contribution in [0.4, 0.5) is 5.69 Å². The summed E-state index contributed by atoms with van der Waals surface area (Å²) in [5.74, 6) is -0.0427. The Morgan fingerprint density at radius 1 is 0.881 bits per heavy atom. The Hall–Kier alpha value is -5.41. The van der Waals surface area contributed by atoms with Crippen molar-refractivity contribution >= 4 is 50.7 Å². The van der Waals surface area contributed by atoms with Gasteiger partial charge < -0.3 is 10.3 Å². The number of fused-ring (bicyclic) bond motifs is 2. The summed E-state index contributed by atoms with van der Waals surface area (Å²) in [6, 6.07) is 25.6. The van der Waals surface area contributed by atoms with Crippen LogP contribution in [-0.4, -0.2) is 36.8 Å². The van der Waals surface area contributed by atoms with E-state index in [0.29, 0.717) is 11.3 Å². The van der Waals surface area contributed by atoms with Crippen LogP contribution in [0.5, 0.6) is 0 Å². The number of benzene rings is 2. The first-order chi connectivity index (χ1) is 20.5. The standard InChI is InChI=1S/C33H24N6O2S/c1-19(40)29-10-11-30(42-29)24-8-5-9-27-25(24)15-28(37-27)32-26-14-22(17-35-33(26)39-38-32)21-13-23(18-34-16-21)36-31(41)12-20-6-3-2-4-7-20/h2-11,13-18,37H,12H2,1H3,(H,36,41)(H,35,38,39). The Balaban J connectivity index is 1.21. The minimum Gasteiger partial charge on any atom is -0.353 e. The second kappa shape index (κ2) is 10.5. The summed E-state index contributed by atoms with van der Waals surface area (Å²) < 4.78 is 0. The number of nitrogens with one attached hydrogen (secondary N) is 3. The molecular weight excluding hydrogens is 544 g/mol. The average Bonchev–Trinajstić information content (AvgIpc) is 3.75. The molecule has 2 aromatic carbocycles. The first-order valence-corrected chi connectivity index (χ1v) is 14.2. The number of aromatic amines is 2. The number of carbonyl (C=O) groups excluding carboxylic acids is 2. The van der Waals surface area contributed by atoms with Gasteiger partial charge in [-0.15, -0.1) is 11.3 Å². The Labute approximate surface area is 244 Å². The zero-order valence-corrected chi connectivity index (χ0v) is 23.3. The van der Waals surface area contributed by atoms with Crippen molar-refractivity contribution in [2.24, 2.45) is 0 Å². The number of carbonyl (C=O) groups is 2. The number of nitrogens with zero attached hydrogens (tertiary/aromatic N) is 3. The van der Waals surface area contributed by atoms with Gasteiger partial charge in [-0.3, -0.25) is 19.7 Å². The lowest BCUT2D eigenvalue weighted by atomic mass is 10.1. The average molecular weight is 569 g/mol. The molecule has 7 rings (SSSR count). The van der Waals surface area contributed by atoms with E-state index < -0.39 is 0 Å². The van der Waals surface area contributed by atoms with Crippen LogP contribution in [0.2, 0.25) is 0 Å². The molecule has 204 valence electrons. The monoisotopic (exact) mass is 568 g/mol. The van der Waals surface area contributed by atoms with Crippen molar-refractivity contribution in [3.8, 4) is 33.0 Å². The fourth-order valence-corrected chi connectivity index (χ4v) is 6.03. The number of hydrogen-bond acceptors (Lipinski definition) is 6. The first kappa shape index (κ1) is 25.6. The highest BCUT2D eigenvalue weighted by Gasteiger charge is 2.16. The van der Waals surface area contributed by atoms with Crippen molar-refractivity contribution in [1.29, 1.82) is 0 Å². The lowest BCUT2D eigenvalue weighted by Gasteiger charge is -2.07. The van der Waals surface area contributed by atoms with Crippen LogP contribution >= 0.6 is 11.3 Å². The molecule has 0 saturated carbocycles. The molecular formula is C33H24N6O2S. The van der Waals surface area contributed by atoms with Crippen molar-refractivity contribution in [2.75, 3.05) is 5.32 Å². The lowest BCUT2D eigenvalue weighted by Crippen LogP contribution is -2.14. The third-order valence-corrected chi connectivity index (χ3v) is 8.34. The quantitative estimate of drug-likeness (QED) is 0.175. The van der Waals surface area contributed by atoms with Gasteiger partial charge >= 0.3 is 0 Å². The normalized spacial score (nSPS) is 11.3. The summed E-state index contributed by atoms with van der Waals surface area (Å²) >= 11 is 1.50. The minimum atomic E-state index is -0.107. The topological polar surface area (TPSA) is 116 Å². The molecule has 0 bridgehead atoms. The molecule has 8 nitrogen and oxygen atoms in total. The third-order valence-electron chi connectivity index (χ3n) is 7.12. The first-order valence-electron chi connectivity index (χ1n) is 13.4. The van der Waals surface area contributed by atoms with Crippen LogP contribution in [0, 0.1) is 0 Å². The van der Waals surface area contributed by atoms with Crippen LogP contribution < -0.4 is 5.32 Å². The van der Waals surface area contributed by atoms with Crippen LogP contribution in [0.1, 0.15) is 22.2 Å². The number of amides is 1. The van der Waals surface area contributed by atoms with Crippen LogP contribution in [0.25, 0.3) is 54.9 Å². The smallest absolute Gasteiger partial charge is 0.228 e. The second-order valence-electron chi connectivity index (χ2n) is 10.0. The number of aromatic nitrogens is 5. The Bertz CT molecular complexity index is 2110. The molecule has 3 N–H and O–H groups in total. The van der Waals surface area contributed by atoms with E-state index in [2.05, 4.69) is 42.6 Å². The van der Waals surface area contributed by atoms with Gasteiger partial charge in [0, 0.05) is 50.3 Å². The molecule has 9 heteroatoms. The fourth-order valence-electron chi connectivity index (χ4n) is 5.09. The Morgan fingerprint density at radius 3 is 2.57 bits per heavy atom. The van der Waals surface area contributed by atoms with Crippen LogP contribution in [0.15, 0.2) is 97.5 Å². The fraction of sp³-hybridized carbons (Fsp3) is 0.0606. The summed E-state index contributed by atoms with van der Waals surface area (Å²) in [4.78, 5) is 38.7. The number of thiophene rings is 1. The molecule has 0 aliphatic heterocycles. The van der Waals surface area contributed by atoms with Gasteiger partial charge in [0.2, 0.25) is 5.91 Å². The van der Waals surface area contributed by atoms with E-state index in [1.165, 1.54) is 11.3 Å². The van der Waals surface area contributed by atoms with E-state index in [1.807, 2.05) is 66.7 Å². The summed E-state index contributed by atoms with van der Waals surface area (Å²) in [6.07, 6.45) is 5.44. The minimum absolute atomic E-state index is 0.0646. The number of Topliss-reactive ketones (excluding diaryl/α,β-unsaturated/α-hetero) is 1. The second-order valence-corrected chi connectivity index (χ2v) is 11.1. The molecule has 0 unspecified atom stereocenters. The van der Waals surface area contributed by atoms with Gasteiger partial charge in [-0.2, -0.15) is 5.10 Å². The molecule has 0 spiro atoms. The molecule has 7 aromatic rings. The largest absolute Gasteiger partial charge is 0.353 e. The predicted octanol–water partition coefficient (Wildman–Crippen LogP) is 7.28. The maximum absolute atomic E-state index is 12.6. The molecule has 0 fully saturated rings. The Morgan fingerprint density at radius 2 is 1.74 bits per heavy atom. The number of hydrogen-bond donors (Lipinski definition) is 3. The van der Waals surface area contributed by atoms with Gasteiger partial charge in [0.25, 0.3) is 0 Å². The van der Waals surface area contributed by atoms with Crippen LogP contribution in [0.3, 0.4) is 0 Å². The van der Waals surface area contributed by atoms with Crippen molar-refractivity contribution in [3.63, 3.8) is 0 Å². The van der Waals surface area contributed by atoms with Gasteiger partial charge in [0.15, 0.2) is 11.4 Å². The van der Waals surface area contributed by atoms with Gasteiger partial charge in [0.1, 0.15) is 5.69 Å². The molecule has 0 aliphatic carbocycles. The van der Waals surface area contributed by atoms with E-state index >= 15 is 0 Å². The van der Waals surface area contributed by atoms with Crippen molar-refractivity contribution < 1.29 is 9.59 Å². The van der Waals surface area contributed by atoms with E-state index in [4.69, 9.17) is 0 Å². The zero-order chi connectivity index (χ0) is 28.6. The van der Waals surface area contributed by atoms with Crippen molar-refractivity contribution in [1.82, 2.24) is 25.1 Å². The van der Waals surface area contributed by atoms with Gasteiger partial charge in [-0.1, -0.05) is 42.5 Å². The number of ketones is 1. The predicted molar refractivity (Wildman–Crippen MR) is 167 cm³/mol. The number of anilines is 1. The third kappa shape index (κ3) is 4.86. The molecule has 0 saturated heterocycles. The molecule has 0 aliphatic rings. The highest BCUT2D eigenvalue weighted by Crippen LogP contribution is 2.37. The van der Waals surface area contributed by atoms with Crippen LogP contribution in [-0.2, 0) is 11.2 Å². The van der Waals surface area contributed by atoms with E-state index in [-0.39, 0.29) is 18.1 Å². The molecule has 5 aromatic heterocycles. The number of pyridine rings is 2. The molecule has 1 amide bonds. The van der Waals surface area contributed by atoms with Crippen molar-refractivity contribution in [2.45, 2.75) is 13.3 Å². The van der Waals surface area contributed by atoms with Crippen molar-refractivity contribution in [3.05, 3.63) is 108 Å². The number of H-pyrrole nitrogens is 2. The maximum atomic E-state index is 12.6. The molecule has 0 atom stereocenters. The zero-order valence-electron chi connectivity index (χ0n) is 22.5. The summed E-state index contributed by atoms with van der Waals surface area (Å²) in [5, 5.41) is 12.5. The van der Waals surface area contributed by atoms with Gasteiger partial charge in [-0.05, 0) is 48.9 Å². The van der Waals surface area contributed by atoms with Gasteiger partial charge in [-0.25, -0.2) is 4.98 Å². The maximum Gasteiger partial charge on any atom is 0.228 e. The van der Waals surface area contributed by atoms with E-state index in [9.17, 15) is 9.59 Å². The summed E-state index contributed by atoms with van der Waals surface area (Å²) in [6.45, 7) is 1.59. The Kier molecular flexibility index (Phi) is 6.41. The van der Waals surface area contributed by atoms with Gasteiger partial charge in [0.05, 0.1) is 28.9 Å². The molecule has 0 radical (unpaired) electrons. The number of rotatable bonds is 7. The molecule has 5 heterocycles. The molecule has 42 heavy (non-hydrogen) atoms. The van der Waals surface area contributed by atoms with E-state index in [0.717, 1.165) is 59.7 Å².